The lowest BCUT2D eigenvalue weighted by Crippen LogP contribution is -2.47. The van der Waals surface area contributed by atoms with E-state index in [-0.39, 0.29) is 17.2 Å². The second-order valence-electron chi connectivity index (χ2n) is 8.34. The molecule has 1 aliphatic heterocycles. The number of amides is 4. The number of urea groups is 1. The van der Waals surface area contributed by atoms with Crippen molar-refractivity contribution in [2.24, 2.45) is 0 Å². The number of anilines is 1. The van der Waals surface area contributed by atoms with Gasteiger partial charge in [-0.2, -0.15) is 0 Å². The maximum Gasteiger partial charge on any atom is 0.341 e. The van der Waals surface area contributed by atoms with E-state index in [9.17, 15) is 19.2 Å². The summed E-state index contributed by atoms with van der Waals surface area (Å²) in [4.78, 5) is 53.6. The predicted molar refractivity (Wildman–Crippen MR) is 138 cm³/mol. The fraction of sp³-hybridized carbons (Fsp3) is 0.231. The van der Waals surface area contributed by atoms with Crippen molar-refractivity contribution in [1.29, 1.82) is 0 Å². The summed E-state index contributed by atoms with van der Waals surface area (Å²) in [5.41, 5.74) is 0.255. The van der Waals surface area contributed by atoms with E-state index in [0.29, 0.717) is 10.6 Å². The van der Waals surface area contributed by atoms with Gasteiger partial charge in [0.05, 0.1) is 12.2 Å². The number of imide groups is 1. The highest BCUT2D eigenvalue weighted by Crippen LogP contribution is 2.37. The number of benzene rings is 2. The molecule has 1 saturated heterocycles. The van der Waals surface area contributed by atoms with Crippen molar-refractivity contribution >= 4 is 51.8 Å². The Bertz CT molecular complexity index is 1330. The minimum atomic E-state index is -1.35. The third-order valence-corrected chi connectivity index (χ3v) is 7.28. The van der Waals surface area contributed by atoms with E-state index in [0.717, 1.165) is 15.3 Å². The molecule has 3 aromatic rings. The van der Waals surface area contributed by atoms with E-state index >= 15 is 0 Å². The molecule has 0 radical (unpaired) electrons. The first-order valence-corrected chi connectivity index (χ1v) is 12.4. The molecule has 8 nitrogen and oxygen atoms in total. The molecule has 0 aliphatic carbocycles. The van der Waals surface area contributed by atoms with Crippen LogP contribution in [0.1, 0.15) is 36.7 Å². The molecule has 186 valence electrons. The van der Waals surface area contributed by atoms with Crippen LogP contribution in [0.2, 0.25) is 5.02 Å². The summed E-state index contributed by atoms with van der Waals surface area (Å²) in [6.45, 7) is 4.89. The zero-order chi connectivity index (χ0) is 26.0. The van der Waals surface area contributed by atoms with E-state index in [1.165, 1.54) is 18.3 Å². The molecule has 0 unspecified atom stereocenters. The van der Waals surface area contributed by atoms with Crippen molar-refractivity contribution in [1.82, 2.24) is 10.2 Å². The van der Waals surface area contributed by atoms with Gasteiger partial charge in [-0.15, -0.1) is 11.3 Å². The summed E-state index contributed by atoms with van der Waals surface area (Å²) in [7, 11) is 0. The van der Waals surface area contributed by atoms with Crippen LogP contribution in [-0.4, -0.2) is 41.4 Å². The Morgan fingerprint density at radius 3 is 2.44 bits per heavy atom. The highest BCUT2D eigenvalue weighted by Gasteiger charge is 2.51. The topological polar surface area (TPSA) is 105 Å². The van der Waals surface area contributed by atoms with E-state index in [1.54, 1.807) is 44.2 Å². The average molecular weight is 526 g/mol. The molecule has 10 heteroatoms. The quantitative estimate of drug-likeness (QED) is 0.332. The zero-order valence-electron chi connectivity index (χ0n) is 19.8. The molecule has 0 spiro atoms. The van der Waals surface area contributed by atoms with Crippen LogP contribution in [0.5, 0.6) is 0 Å². The van der Waals surface area contributed by atoms with E-state index < -0.39 is 35.4 Å². The molecule has 0 bridgehead atoms. The molecule has 1 aromatic heterocycles. The number of nitrogens with zero attached hydrogens (tertiary/aromatic N) is 1. The highest BCUT2D eigenvalue weighted by molar-refractivity contribution is 7.20. The molecule has 2 heterocycles. The molecule has 4 rings (SSSR count). The summed E-state index contributed by atoms with van der Waals surface area (Å²) >= 11 is 7.16. The lowest BCUT2D eigenvalue weighted by Gasteiger charge is -2.24. The van der Waals surface area contributed by atoms with Crippen molar-refractivity contribution in [2.45, 2.75) is 32.4 Å². The minimum Gasteiger partial charge on any atom is -0.462 e. The van der Waals surface area contributed by atoms with Gasteiger partial charge in [0, 0.05) is 9.90 Å². The maximum absolute atomic E-state index is 13.3. The van der Waals surface area contributed by atoms with Crippen molar-refractivity contribution < 1.29 is 23.9 Å². The van der Waals surface area contributed by atoms with Gasteiger partial charge in [0.15, 0.2) is 0 Å². The van der Waals surface area contributed by atoms with Gasteiger partial charge < -0.3 is 15.4 Å². The molecule has 4 amide bonds. The van der Waals surface area contributed by atoms with Crippen molar-refractivity contribution in [2.75, 3.05) is 11.9 Å². The number of carbonyl (C=O) groups excluding carboxylic acids is 4. The van der Waals surface area contributed by atoms with E-state index in [2.05, 4.69) is 10.6 Å². The number of hydrogen-bond acceptors (Lipinski definition) is 6. The Morgan fingerprint density at radius 2 is 1.81 bits per heavy atom. The Balaban J connectivity index is 1.59. The van der Waals surface area contributed by atoms with Crippen molar-refractivity contribution in [3.05, 3.63) is 76.8 Å². The first kappa shape index (κ1) is 25.4. The largest absolute Gasteiger partial charge is 0.462 e. The molecule has 36 heavy (non-hydrogen) atoms. The van der Waals surface area contributed by atoms with Crippen molar-refractivity contribution in [3.63, 3.8) is 0 Å². The maximum atomic E-state index is 13.3. The van der Waals surface area contributed by atoms with Gasteiger partial charge in [-0.25, -0.2) is 14.5 Å². The normalized spacial score (nSPS) is 18.1. The van der Waals surface area contributed by atoms with Crippen LogP contribution >= 0.6 is 22.9 Å². The zero-order valence-corrected chi connectivity index (χ0v) is 21.4. The number of nitrogens with one attached hydrogen (secondary N) is 2. The van der Waals surface area contributed by atoms with Gasteiger partial charge in [-0.1, -0.05) is 54.1 Å². The summed E-state index contributed by atoms with van der Waals surface area (Å²) in [6, 6.07) is 15.8. The minimum absolute atomic E-state index is 0.171. The van der Waals surface area contributed by atoms with Crippen LogP contribution in [0, 0.1) is 0 Å². The molecule has 0 saturated carbocycles. The monoisotopic (exact) mass is 525 g/mol. The SMILES string of the molecule is CCOC(=O)c1cc(-c2ccccc2)sc1NC(=O)[C@@H](C)N1C(=O)N[C@@](C)(c2ccc(Cl)cc2)C1=O. The molecule has 2 atom stereocenters. The van der Waals surface area contributed by atoms with Gasteiger partial charge >= 0.3 is 12.0 Å². The Kier molecular flexibility index (Phi) is 7.14. The van der Waals surface area contributed by atoms with Crippen LogP contribution in [0.4, 0.5) is 9.80 Å². The number of hydrogen-bond donors (Lipinski definition) is 2. The van der Waals surface area contributed by atoms with Gasteiger partial charge in [-0.05, 0) is 50.1 Å². The van der Waals surface area contributed by atoms with Gasteiger partial charge in [-0.3, -0.25) is 9.59 Å². The van der Waals surface area contributed by atoms with Crippen molar-refractivity contribution in [3.8, 4) is 10.4 Å². The summed E-state index contributed by atoms with van der Waals surface area (Å²) in [6.07, 6.45) is 0. The molecular weight excluding hydrogens is 502 g/mol. The molecule has 1 aliphatic rings. The summed E-state index contributed by atoms with van der Waals surface area (Å²) < 4.78 is 5.16. The lowest BCUT2D eigenvalue weighted by molar-refractivity contribution is -0.136. The standard InChI is InChI=1S/C26H24ClN3O5S/c1-4-35-23(32)19-14-20(16-8-6-5-7-9-16)36-22(19)28-21(31)15(2)30-24(33)26(3,29-25(30)34)17-10-12-18(27)13-11-17/h5-15H,4H2,1-3H3,(H,28,31)(H,29,34)/t15-,26+/m1/s1. The molecule has 2 N–H and O–H groups in total. The fourth-order valence-corrected chi connectivity index (χ4v) is 5.09. The number of rotatable bonds is 7. The summed E-state index contributed by atoms with van der Waals surface area (Å²) in [5.74, 6) is -1.77. The smallest absolute Gasteiger partial charge is 0.341 e. The Labute approximate surface area is 217 Å². The second kappa shape index (κ2) is 10.1. The Morgan fingerprint density at radius 1 is 1.14 bits per heavy atom. The average Bonchev–Trinajstić information content (AvgIpc) is 3.38. The second-order valence-corrected chi connectivity index (χ2v) is 9.83. The summed E-state index contributed by atoms with van der Waals surface area (Å²) in [5, 5.41) is 6.17. The van der Waals surface area contributed by atoms with Crippen LogP contribution in [0.25, 0.3) is 10.4 Å². The van der Waals surface area contributed by atoms with Crippen LogP contribution < -0.4 is 10.6 Å². The molecule has 1 fully saturated rings. The molecular formula is C26H24ClN3O5S. The number of carbonyl (C=O) groups is 4. The Hall–Kier alpha value is -3.69. The number of halogens is 1. The fourth-order valence-electron chi connectivity index (χ4n) is 3.91. The van der Waals surface area contributed by atoms with Crippen LogP contribution in [-0.2, 0) is 19.9 Å². The van der Waals surface area contributed by atoms with Gasteiger partial charge in [0.25, 0.3) is 5.91 Å². The van der Waals surface area contributed by atoms with Crippen LogP contribution in [0.3, 0.4) is 0 Å². The third kappa shape index (κ3) is 4.72. The lowest BCUT2D eigenvalue weighted by atomic mass is 9.92. The van der Waals surface area contributed by atoms with Gasteiger partial charge in [0.2, 0.25) is 5.91 Å². The number of ether oxygens (including phenoxy) is 1. The van der Waals surface area contributed by atoms with Crippen LogP contribution in [0.15, 0.2) is 60.7 Å². The van der Waals surface area contributed by atoms with E-state index in [1.807, 2.05) is 30.3 Å². The first-order valence-electron chi connectivity index (χ1n) is 11.2. The number of thiophene rings is 1. The van der Waals surface area contributed by atoms with E-state index in [4.69, 9.17) is 16.3 Å². The van der Waals surface area contributed by atoms with Gasteiger partial charge in [0.1, 0.15) is 16.6 Å². The predicted octanol–water partition coefficient (Wildman–Crippen LogP) is 5.04. The third-order valence-electron chi connectivity index (χ3n) is 5.93. The molecule has 2 aromatic carbocycles. The number of esters is 1. The first-order chi connectivity index (χ1) is 17.2. The highest BCUT2D eigenvalue weighted by atomic mass is 35.5.